The molecule has 0 saturated heterocycles. The Labute approximate surface area is 179 Å². The van der Waals surface area contributed by atoms with Crippen LogP contribution in [0.25, 0.3) is 0 Å². The van der Waals surface area contributed by atoms with Gasteiger partial charge in [-0.2, -0.15) is 0 Å². The van der Waals surface area contributed by atoms with Gasteiger partial charge in [0.25, 0.3) is 5.91 Å². The van der Waals surface area contributed by atoms with Crippen LogP contribution in [0, 0.1) is 6.92 Å². The first-order chi connectivity index (χ1) is 14.6. The van der Waals surface area contributed by atoms with E-state index in [1.807, 2.05) is 55.5 Å². The van der Waals surface area contributed by atoms with E-state index in [0.717, 1.165) is 35.3 Å². The minimum absolute atomic E-state index is 0.121. The molecular weight excluding hydrogens is 370 g/mol. The van der Waals surface area contributed by atoms with Crippen LogP contribution >= 0.6 is 0 Å². The number of hydrogen-bond acceptors (Lipinski definition) is 2. The first kappa shape index (κ1) is 20.2. The first-order valence-electron chi connectivity index (χ1n) is 10.8. The monoisotopic (exact) mass is 399 g/mol. The van der Waals surface area contributed by atoms with Crippen LogP contribution in [0.15, 0.2) is 72.8 Å². The highest BCUT2D eigenvalue weighted by Gasteiger charge is 2.23. The van der Waals surface area contributed by atoms with Crippen LogP contribution in [0.4, 0.5) is 0 Å². The van der Waals surface area contributed by atoms with Gasteiger partial charge in [0.2, 0.25) is 0 Å². The van der Waals surface area contributed by atoms with E-state index in [9.17, 15) is 4.79 Å². The molecule has 1 aliphatic rings. The highest BCUT2D eigenvalue weighted by atomic mass is 16.5. The molecule has 4 rings (SSSR count). The standard InChI is InChI=1S/C27H29NO2/c1-19-10-6-9-15-25(19)26(22-12-4-3-5-13-22)28-27(29)20(2)30-24-17-16-21-11-7-8-14-23(21)18-24/h3-6,9-10,12-13,15-18,20,26H,7-8,11,14H2,1-2H3,(H,28,29)/t20-,26+/m0/s1. The molecule has 0 spiro atoms. The summed E-state index contributed by atoms with van der Waals surface area (Å²) < 4.78 is 6.03. The second-order valence-electron chi connectivity index (χ2n) is 8.11. The number of amides is 1. The smallest absolute Gasteiger partial charge is 0.261 e. The van der Waals surface area contributed by atoms with Gasteiger partial charge in [0.05, 0.1) is 6.04 Å². The lowest BCUT2D eigenvalue weighted by Crippen LogP contribution is -2.39. The summed E-state index contributed by atoms with van der Waals surface area (Å²) in [6.07, 6.45) is 4.13. The largest absolute Gasteiger partial charge is 0.481 e. The zero-order valence-electron chi connectivity index (χ0n) is 17.7. The Kier molecular flexibility index (Phi) is 6.18. The van der Waals surface area contributed by atoms with Gasteiger partial charge in [-0.1, -0.05) is 60.7 Å². The number of carbonyl (C=O) groups excluding carboxylic acids is 1. The predicted molar refractivity (Wildman–Crippen MR) is 121 cm³/mol. The number of ether oxygens (including phenoxy) is 1. The fourth-order valence-corrected chi connectivity index (χ4v) is 4.20. The Morgan fingerprint density at radius 2 is 1.60 bits per heavy atom. The van der Waals surface area contributed by atoms with Gasteiger partial charge in [-0.15, -0.1) is 0 Å². The van der Waals surface area contributed by atoms with E-state index in [1.165, 1.54) is 24.0 Å². The first-order valence-corrected chi connectivity index (χ1v) is 10.8. The summed E-state index contributed by atoms with van der Waals surface area (Å²) in [5.41, 5.74) is 6.07. The van der Waals surface area contributed by atoms with E-state index in [4.69, 9.17) is 4.74 Å². The quantitative estimate of drug-likeness (QED) is 0.590. The highest BCUT2D eigenvalue weighted by molar-refractivity contribution is 5.81. The molecule has 1 N–H and O–H groups in total. The zero-order valence-corrected chi connectivity index (χ0v) is 17.7. The summed E-state index contributed by atoms with van der Waals surface area (Å²) in [6.45, 7) is 3.89. The van der Waals surface area contributed by atoms with Crippen LogP contribution in [0.2, 0.25) is 0 Å². The summed E-state index contributed by atoms with van der Waals surface area (Å²) >= 11 is 0. The van der Waals surface area contributed by atoms with Crippen molar-refractivity contribution in [3.05, 3.63) is 101 Å². The lowest BCUT2D eigenvalue weighted by Gasteiger charge is -2.24. The molecular formula is C27H29NO2. The van der Waals surface area contributed by atoms with Gasteiger partial charge in [0.15, 0.2) is 6.10 Å². The van der Waals surface area contributed by atoms with E-state index in [1.54, 1.807) is 0 Å². The Bertz CT molecular complexity index is 1010. The lowest BCUT2D eigenvalue weighted by atomic mass is 9.92. The normalized spacial score (nSPS) is 15.0. The van der Waals surface area contributed by atoms with Crippen molar-refractivity contribution in [3.8, 4) is 5.75 Å². The van der Waals surface area contributed by atoms with Crippen LogP contribution in [0.1, 0.15) is 53.6 Å². The van der Waals surface area contributed by atoms with Gasteiger partial charge in [0, 0.05) is 0 Å². The van der Waals surface area contributed by atoms with Gasteiger partial charge < -0.3 is 10.1 Å². The van der Waals surface area contributed by atoms with Gasteiger partial charge in [-0.05, 0) is 79.5 Å². The van der Waals surface area contributed by atoms with Crippen molar-refractivity contribution in [1.82, 2.24) is 5.32 Å². The SMILES string of the molecule is Cc1ccccc1[C@H](NC(=O)[C@H](C)Oc1ccc2c(c1)CCCC2)c1ccccc1. The van der Waals surface area contributed by atoms with Crippen LogP contribution in [-0.2, 0) is 17.6 Å². The average molecular weight is 400 g/mol. The Hall–Kier alpha value is -3.07. The summed E-state index contributed by atoms with van der Waals surface area (Å²) in [6, 6.07) is 24.3. The molecule has 0 aromatic heterocycles. The maximum absolute atomic E-state index is 13.1. The van der Waals surface area contributed by atoms with E-state index < -0.39 is 6.10 Å². The van der Waals surface area contributed by atoms with Crippen LogP contribution in [0.3, 0.4) is 0 Å². The Morgan fingerprint density at radius 1 is 0.900 bits per heavy atom. The highest BCUT2D eigenvalue weighted by Crippen LogP contribution is 2.27. The summed E-state index contributed by atoms with van der Waals surface area (Å²) in [4.78, 5) is 13.1. The molecule has 2 atom stereocenters. The number of fused-ring (bicyclic) bond motifs is 1. The molecule has 0 bridgehead atoms. The zero-order chi connectivity index (χ0) is 20.9. The minimum Gasteiger partial charge on any atom is -0.481 e. The third-order valence-electron chi connectivity index (χ3n) is 5.92. The van der Waals surface area contributed by atoms with Crippen LogP contribution in [0.5, 0.6) is 5.75 Å². The van der Waals surface area contributed by atoms with Crippen LogP contribution in [-0.4, -0.2) is 12.0 Å². The molecule has 0 heterocycles. The molecule has 0 unspecified atom stereocenters. The number of hydrogen-bond donors (Lipinski definition) is 1. The molecule has 0 saturated carbocycles. The third kappa shape index (κ3) is 4.56. The molecule has 3 aromatic rings. The average Bonchev–Trinajstić information content (AvgIpc) is 2.78. The number of aryl methyl sites for hydroxylation is 3. The van der Waals surface area contributed by atoms with Crippen molar-refractivity contribution in [2.24, 2.45) is 0 Å². The van der Waals surface area contributed by atoms with Crippen molar-refractivity contribution >= 4 is 5.91 Å². The van der Waals surface area contributed by atoms with Crippen LogP contribution < -0.4 is 10.1 Å². The number of benzene rings is 3. The summed E-state index contributed by atoms with van der Waals surface area (Å²) in [7, 11) is 0. The summed E-state index contributed by atoms with van der Waals surface area (Å²) in [5, 5.41) is 3.21. The second-order valence-corrected chi connectivity index (χ2v) is 8.11. The minimum atomic E-state index is -0.582. The van der Waals surface area contributed by atoms with E-state index in [0.29, 0.717) is 0 Å². The Morgan fingerprint density at radius 3 is 2.37 bits per heavy atom. The number of rotatable bonds is 6. The molecule has 30 heavy (non-hydrogen) atoms. The molecule has 1 amide bonds. The van der Waals surface area contributed by atoms with E-state index >= 15 is 0 Å². The van der Waals surface area contributed by atoms with Gasteiger partial charge in [0.1, 0.15) is 5.75 Å². The van der Waals surface area contributed by atoms with Crippen molar-refractivity contribution in [1.29, 1.82) is 0 Å². The third-order valence-corrected chi connectivity index (χ3v) is 5.92. The number of carbonyl (C=O) groups is 1. The maximum Gasteiger partial charge on any atom is 0.261 e. The molecule has 1 aliphatic carbocycles. The molecule has 3 nitrogen and oxygen atoms in total. The second kappa shape index (κ2) is 9.17. The topological polar surface area (TPSA) is 38.3 Å². The fourth-order valence-electron chi connectivity index (χ4n) is 4.20. The summed E-state index contributed by atoms with van der Waals surface area (Å²) in [5.74, 6) is 0.648. The fraction of sp³-hybridized carbons (Fsp3) is 0.296. The van der Waals surface area contributed by atoms with Crippen molar-refractivity contribution in [2.75, 3.05) is 0 Å². The molecule has 3 heteroatoms. The number of nitrogens with one attached hydrogen (secondary N) is 1. The van der Waals surface area contributed by atoms with Gasteiger partial charge >= 0.3 is 0 Å². The molecule has 154 valence electrons. The van der Waals surface area contributed by atoms with Gasteiger partial charge in [-0.25, -0.2) is 0 Å². The van der Waals surface area contributed by atoms with Crippen molar-refractivity contribution in [2.45, 2.75) is 51.7 Å². The van der Waals surface area contributed by atoms with E-state index in [2.05, 4.69) is 36.5 Å². The van der Waals surface area contributed by atoms with Crippen molar-refractivity contribution in [3.63, 3.8) is 0 Å². The van der Waals surface area contributed by atoms with E-state index in [-0.39, 0.29) is 11.9 Å². The molecule has 0 fully saturated rings. The molecule has 0 radical (unpaired) electrons. The predicted octanol–water partition coefficient (Wildman–Crippen LogP) is 5.55. The Balaban J connectivity index is 1.51. The lowest BCUT2D eigenvalue weighted by molar-refractivity contribution is -0.127. The molecule has 0 aliphatic heterocycles. The maximum atomic E-state index is 13.1. The van der Waals surface area contributed by atoms with Gasteiger partial charge in [-0.3, -0.25) is 4.79 Å². The molecule has 3 aromatic carbocycles. The van der Waals surface area contributed by atoms with Crippen molar-refractivity contribution < 1.29 is 9.53 Å².